The predicted octanol–water partition coefficient (Wildman–Crippen LogP) is 1.06. The van der Waals surface area contributed by atoms with Crippen LogP contribution >= 0.6 is 0 Å². The van der Waals surface area contributed by atoms with Crippen LogP contribution in [0.15, 0.2) is 24.5 Å². The van der Waals surface area contributed by atoms with Gasteiger partial charge in [0.25, 0.3) is 0 Å². The Kier molecular flexibility index (Phi) is 5.33. The number of nitrogens with one attached hydrogen (secondary N) is 2. The average molecular weight is 298 g/mol. The average Bonchev–Trinajstić information content (AvgIpc) is 2.46. The van der Waals surface area contributed by atoms with Gasteiger partial charge in [-0.1, -0.05) is 6.92 Å². The van der Waals surface area contributed by atoms with Crippen LogP contribution in [0, 0.1) is 5.92 Å². The van der Waals surface area contributed by atoms with Gasteiger partial charge in [0, 0.05) is 25.5 Å². The molecule has 1 aromatic rings. The summed E-state index contributed by atoms with van der Waals surface area (Å²) in [6, 6.07) is 3.30. The summed E-state index contributed by atoms with van der Waals surface area (Å²) in [5, 5.41) is 3.29. The summed E-state index contributed by atoms with van der Waals surface area (Å²) in [4.78, 5) is 3.88. The highest BCUT2D eigenvalue weighted by Gasteiger charge is 2.28. The first-order valence-electron chi connectivity index (χ1n) is 7.00. The van der Waals surface area contributed by atoms with Gasteiger partial charge in [0.15, 0.2) is 0 Å². The number of anilines is 1. The van der Waals surface area contributed by atoms with E-state index in [9.17, 15) is 8.42 Å². The highest BCUT2D eigenvalue weighted by molar-refractivity contribution is 7.90. The molecule has 20 heavy (non-hydrogen) atoms. The van der Waals surface area contributed by atoms with Crippen LogP contribution in [0.4, 0.5) is 5.69 Å². The number of hydrogen-bond acceptors (Lipinski definition) is 4. The molecule has 0 bridgehead atoms. The maximum atomic E-state index is 12.3. The van der Waals surface area contributed by atoms with E-state index in [1.54, 1.807) is 28.8 Å². The van der Waals surface area contributed by atoms with Gasteiger partial charge in [0.2, 0.25) is 0 Å². The number of nitrogens with zero attached hydrogens (tertiary/aromatic N) is 2. The van der Waals surface area contributed by atoms with E-state index in [1.807, 2.05) is 0 Å². The molecular weight excluding hydrogens is 276 g/mol. The fourth-order valence-corrected chi connectivity index (χ4v) is 3.73. The lowest BCUT2D eigenvalue weighted by molar-refractivity contribution is 0.262. The minimum atomic E-state index is -3.47. The van der Waals surface area contributed by atoms with E-state index in [1.165, 1.54) is 0 Å². The normalized spacial score (nSPS) is 20.8. The Labute approximate surface area is 120 Å². The number of rotatable bonds is 6. The van der Waals surface area contributed by atoms with Crippen LogP contribution in [0.2, 0.25) is 0 Å². The van der Waals surface area contributed by atoms with Gasteiger partial charge in [-0.25, -0.2) is 0 Å². The molecule has 0 aromatic carbocycles. The van der Waals surface area contributed by atoms with Gasteiger partial charge >= 0.3 is 10.2 Å². The molecule has 0 amide bonds. The van der Waals surface area contributed by atoms with E-state index >= 15 is 0 Å². The van der Waals surface area contributed by atoms with Gasteiger partial charge in [-0.05, 0) is 44.0 Å². The fourth-order valence-electron chi connectivity index (χ4n) is 2.39. The standard InChI is InChI=1S/C13H22N4O2S/c1-2-14-10-12-4-3-9-17(11-12)20(18,19)16-13-5-7-15-8-6-13/h5-8,12,14H,2-4,9-11H2,1H3,(H,15,16). The quantitative estimate of drug-likeness (QED) is 0.823. The SMILES string of the molecule is CCNCC1CCCN(S(=O)(=O)Nc2ccncc2)C1. The molecule has 1 fully saturated rings. The molecule has 1 saturated heterocycles. The van der Waals surface area contributed by atoms with Crippen molar-refractivity contribution < 1.29 is 8.42 Å². The van der Waals surface area contributed by atoms with Crippen LogP contribution in [-0.4, -0.2) is 43.9 Å². The van der Waals surface area contributed by atoms with Crippen molar-refractivity contribution >= 4 is 15.9 Å². The van der Waals surface area contributed by atoms with Crippen LogP contribution < -0.4 is 10.0 Å². The molecule has 7 heteroatoms. The zero-order valence-corrected chi connectivity index (χ0v) is 12.6. The first kappa shape index (κ1) is 15.2. The zero-order valence-electron chi connectivity index (χ0n) is 11.7. The number of hydrogen-bond donors (Lipinski definition) is 2. The molecule has 2 rings (SSSR count). The lowest BCUT2D eigenvalue weighted by atomic mass is 10.00. The minimum absolute atomic E-state index is 0.387. The van der Waals surface area contributed by atoms with Gasteiger partial charge < -0.3 is 5.32 Å². The third kappa shape index (κ3) is 4.16. The fraction of sp³-hybridized carbons (Fsp3) is 0.615. The Hall–Kier alpha value is -1.18. The molecule has 2 N–H and O–H groups in total. The van der Waals surface area contributed by atoms with Crippen molar-refractivity contribution in [1.82, 2.24) is 14.6 Å². The molecular formula is C13H22N4O2S. The number of aromatic nitrogens is 1. The monoisotopic (exact) mass is 298 g/mol. The van der Waals surface area contributed by atoms with Gasteiger partial charge in [-0.15, -0.1) is 0 Å². The molecule has 6 nitrogen and oxygen atoms in total. The Bertz CT molecular complexity index is 506. The molecule has 1 aromatic heterocycles. The van der Waals surface area contributed by atoms with Crippen molar-refractivity contribution in [3.63, 3.8) is 0 Å². The van der Waals surface area contributed by atoms with Crippen LogP contribution in [0.25, 0.3) is 0 Å². The van der Waals surface area contributed by atoms with Crippen molar-refractivity contribution in [1.29, 1.82) is 0 Å². The number of pyridine rings is 1. The number of piperidine rings is 1. The van der Waals surface area contributed by atoms with E-state index in [0.717, 1.165) is 25.9 Å². The summed E-state index contributed by atoms with van der Waals surface area (Å²) in [7, 11) is -3.47. The summed E-state index contributed by atoms with van der Waals surface area (Å²) in [6.07, 6.45) is 5.13. The Balaban J connectivity index is 1.98. The topological polar surface area (TPSA) is 74.3 Å². The molecule has 112 valence electrons. The molecule has 0 radical (unpaired) electrons. The summed E-state index contributed by atoms with van der Waals surface area (Å²) in [5.41, 5.74) is 0.550. The third-order valence-electron chi connectivity index (χ3n) is 3.43. The molecule has 1 atom stereocenters. The van der Waals surface area contributed by atoms with E-state index in [2.05, 4.69) is 21.9 Å². The summed E-state index contributed by atoms with van der Waals surface area (Å²) in [5.74, 6) is 0.387. The van der Waals surface area contributed by atoms with Crippen molar-refractivity contribution in [3.8, 4) is 0 Å². The van der Waals surface area contributed by atoms with Crippen molar-refractivity contribution in [2.75, 3.05) is 30.9 Å². The molecule has 2 heterocycles. The Morgan fingerprint density at radius 3 is 2.85 bits per heavy atom. The minimum Gasteiger partial charge on any atom is -0.317 e. The summed E-state index contributed by atoms with van der Waals surface area (Å²) in [6.45, 7) is 5.01. The lowest BCUT2D eigenvalue weighted by Gasteiger charge is -2.32. The second-order valence-corrected chi connectivity index (χ2v) is 6.69. The molecule has 1 aliphatic heterocycles. The van der Waals surface area contributed by atoms with Gasteiger partial charge in [-0.3, -0.25) is 9.71 Å². The predicted molar refractivity (Wildman–Crippen MR) is 79.6 cm³/mol. The maximum absolute atomic E-state index is 12.3. The lowest BCUT2D eigenvalue weighted by Crippen LogP contribution is -2.45. The van der Waals surface area contributed by atoms with Gasteiger partial charge in [0.05, 0.1) is 5.69 Å². The van der Waals surface area contributed by atoms with Crippen LogP contribution in [-0.2, 0) is 10.2 Å². The molecule has 0 spiro atoms. The van der Waals surface area contributed by atoms with E-state index in [4.69, 9.17) is 0 Å². The zero-order chi connectivity index (χ0) is 14.4. The first-order valence-corrected chi connectivity index (χ1v) is 8.44. The van der Waals surface area contributed by atoms with E-state index in [0.29, 0.717) is 24.7 Å². The Morgan fingerprint density at radius 2 is 2.15 bits per heavy atom. The van der Waals surface area contributed by atoms with E-state index < -0.39 is 10.2 Å². The largest absolute Gasteiger partial charge is 0.317 e. The molecule has 0 aliphatic carbocycles. The Morgan fingerprint density at radius 1 is 1.40 bits per heavy atom. The molecule has 0 saturated carbocycles. The van der Waals surface area contributed by atoms with Crippen molar-refractivity contribution in [2.45, 2.75) is 19.8 Å². The second kappa shape index (κ2) is 7.01. The van der Waals surface area contributed by atoms with Crippen LogP contribution in [0.1, 0.15) is 19.8 Å². The van der Waals surface area contributed by atoms with Gasteiger partial charge in [0.1, 0.15) is 0 Å². The van der Waals surface area contributed by atoms with Crippen molar-refractivity contribution in [3.05, 3.63) is 24.5 Å². The third-order valence-corrected chi connectivity index (χ3v) is 4.94. The van der Waals surface area contributed by atoms with Crippen LogP contribution in [0.3, 0.4) is 0 Å². The van der Waals surface area contributed by atoms with Crippen LogP contribution in [0.5, 0.6) is 0 Å². The second-order valence-electron chi connectivity index (χ2n) is 5.02. The van der Waals surface area contributed by atoms with Crippen molar-refractivity contribution in [2.24, 2.45) is 5.92 Å². The summed E-state index contributed by atoms with van der Waals surface area (Å²) >= 11 is 0. The highest BCUT2D eigenvalue weighted by atomic mass is 32.2. The van der Waals surface area contributed by atoms with Gasteiger partial charge in [-0.2, -0.15) is 12.7 Å². The summed E-state index contributed by atoms with van der Waals surface area (Å²) < 4.78 is 28.8. The van der Waals surface area contributed by atoms with E-state index in [-0.39, 0.29) is 0 Å². The molecule has 1 unspecified atom stereocenters. The highest BCUT2D eigenvalue weighted by Crippen LogP contribution is 2.20. The maximum Gasteiger partial charge on any atom is 0.301 e. The first-order chi connectivity index (χ1) is 9.62. The smallest absolute Gasteiger partial charge is 0.301 e. The molecule has 1 aliphatic rings.